The van der Waals surface area contributed by atoms with Crippen molar-refractivity contribution in [2.45, 2.75) is 43.7 Å². The number of likely N-dealkylation sites (N-methyl/N-ethyl adjacent to an activating group) is 1. The zero-order valence-corrected chi connectivity index (χ0v) is 13.4. The van der Waals surface area contributed by atoms with Gasteiger partial charge in [-0.25, -0.2) is 0 Å². The van der Waals surface area contributed by atoms with Crippen molar-refractivity contribution in [3.63, 3.8) is 0 Å². The lowest BCUT2D eigenvalue weighted by Gasteiger charge is -2.41. The van der Waals surface area contributed by atoms with Gasteiger partial charge in [-0.3, -0.25) is 9.69 Å². The van der Waals surface area contributed by atoms with Gasteiger partial charge in [-0.1, -0.05) is 36.8 Å². The monoisotopic (exact) mass is 302 g/mol. The molecule has 0 saturated carbocycles. The highest BCUT2D eigenvalue weighted by molar-refractivity contribution is 5.82. The molecule has 0 bridgehead atoms. The van der Waals surface area contributed by atoms with Crippen LogP contribution in [-0.2, 0) is 15.1 Å². The average molecular weight is 302 g/mol. The fourth-order valence-electron chi connectivity index (χ4n) is 3.69. The van der Waals surface area contributed by atoms with Crippen molar-refractivity contribution in [3.8, 4) is 0 Å². The molecular formula is C18H26N2O2. The molecular weight excluding hydrogens is 276 g/mol. The summed E-state index contributed by atoms with van der Waals surface area (Å²) < 4.78 is 5.53. The topological polar surface area (TPSA) is 41.6 Å². The zero-order chi connectivity index (χ0) is 15.4. The third kappa shape index (κ3) is 3.18. The van der Waals surface area contributed by atoms with E-state index in [0.29, 0.717) is 13.2 Å². The van der Waals surface area contributed by atoms with E-state index in [0.717, 1.165) is 32.2 Å². The van der Waals surface area contributed by atoms with E-state index in [9.17, 15) is 4.79 Å². The first-order chi connectivity index (χ1) is 10.7. The smallest absolute Gasteiger partial charge is 0.238 e. The Morgan fingerprint density at radius 1 is 1.23 bits per heavy atom. The number of carbonyl (C=O) groups is 1. The van der Waals surface area contributed by atoms with Crippen LogP contribution in [0.3, 0.4) is 0 Å². The highest BCUT2D eigenvalue weighted by atomic mass is 16.5. The van der Waals surface area contributed by atoms with Crippen LogP contribution in [0.25, 0.3) is 0 Å². The first kappa shape index (κ1) is 15.5. The molecule has 4 nitrogen and oxygen atoms in total. The molecule has 2 heterocycles. The third-order valence-corrected chi connectivity index (χ3v) is 5.11. The SMILES string of the molecule is CN1CCCC[C@H]1C(=O)NC1(c2ccccc2)CCOCC1. The lowest BCUT2D eigenvalue weighted by molar-refractivity contribution is -0.130. The number of nitrogens with zero attached hydrogens (tertiary/aromatic N) is 1. The zero-order valence-electron chi connectivity index (χ0n) is 13.4. The second kappa shape index (κ2) is 6.80. The van der Waals surface area contributed by atoms with Crippen LogP contribution in [0.2, 0.25) is 0 Å². The molecule has 22 heavy (non-hydrogen) atoms. The molecule has 2 aliphatic rings. The summed E-state index contributed by atoms with van der Waals surface area (Å²) in [4.78, 5) is 15.1. The Morgan fingerprint density at radius 3 is 2.64 bits per heavy atom. The number of carbonyl (C=O) groups excluding carboxylic acids is 1. The summed E-state index contributed by atoms with van der Waals surface area (Å²) in [6, 6.07) is 10.4. The summed E-state index contributed by atoms with van der Waals surface area (Å²) in [5.41, 5.74) is 0.930. The van der Waals surface area contributed by atoms with Crippen molar-refractivity contribution in [3.05, 3.63) is 35.9 Å². The van der Waals surface area contributed by atoms with Gasteiger partial charge in [0.15, 0.2) is 0 Å². The van der Waals surface area contributed by atoms with E-state index in [2.05, 4.69) is 29.4 Å². The van der Waals surface area contributed by atoms with Gasteiger partial charge in [0.25, 0.3) is 0 Å². The summed E-state index contributed by atoms with van der Waals surface area (Å²) in [5, 5.41) is 3.39. The second-order valence-electron chi connectivity index (χ2n) is 6.54. The molecule has 0 spiro atoms. The van der Waals surface area contributed by atoms with Gasteiger partial charge in [-0.15, -0.1) is 0 Å². The molecule has 1 aromatic rings. The Labute approximate surface area is 132 Å². The lowest BCUT2D eigenvalue weighted by Crippen LogP contribution is -2.56. The van der Waals surface area contributed by atoms with Gasteiger partial charge in [0.1, 0.15) is 0 Å². The maximum atomic E-state index is 12.9. The summed E-state index contributed by atoms with van der Waals surface area (Å²) >= 11 is 0. The van der Waals surface area contributed by atoms with Crippen LogP contribution < -0.4 is 5.32 Å². The van der Waals surface area contributed by atoms with Crippen LogP contribution in [-0.4, -0.2) is 43.7 Å². The van der Waals surface area contributed by atoms with E-state index in [-0.39, 0.29) is 17.5 Å². The number of benzene rings is 1. The molecule has 1 amide bonds. The molecule has 0 aromatic heterocycles. The number of likely N-dealkylation sites (tertiary alicyclic amines) is 1. The van der Waals surface area contributed by atoms with E-state index >= 15 is 0 Å². The van der Waals surface area contributed by atoms with E-state index < -0.39 is 0 Å². The van der Waals surface area contributed by atoms with Gasteiger partial charge in [-0.05, 0) is 44.8 Å². The number of hydrogen-bond donors (Lipinski definition) is 1. The Hall–Kier alpha value is -1.39. The van der Waals surface area contributed by atoms with Crippen LogP contribution >= 0.6 is 0 Å². The number of ether oxygens (including phenoxy) is 1. The predicted octanol–water partition coefficient (Wildman–Crippen LogP) is 2.29. The van der Waals surface area contributed by atoms with Crippen molar-refractivity contribution in [2.75, 3.05) is 26.8 Å². The van der Waals surface area contributed by atoms with Crippen molar-refractivity contribution in [2.24, 2.45) is 0 Å². The molecule has 1 aromatic carbocycles. The highest BCUT2D eigenvalue weighted by Gasteiger charge is 2.38. The van der Waals surface area contributed by atoms with E-state index in [1.54, 1.807) is 0 Å². The summed E-state index contributed by atoms with van der Waals surface area (Å²) in [5.74, 6) is 0.174. The normalized spacial score (nSPS) is 25.6. The maximum absolute atomic E-state index is 12.9. The number of hydrogen-bond acceptors (Lipinski definition) is 3. The number of piperidine rings is 1. The molecule has 2 saturated heterocycles. The van der Waals surface area contributed by atoms with Crippen molar-refractivity contribution < 1.29 is 9.53 Å². The largest absolute Gasteiger partial charge is 0.381 e. The predicted molar refractivity (Wildman–Crippen MR) is 86.6 cm³/mol. The molecule has 120 valence electrons. The maximum Gasteiger partial charge on any atom is 0.238 e. The minimum absolute atomic E-state index is 0.0113. The first-order valence-electron chi connectivity index (χ1n) is 8.37. The first-order valence-corrected chi connectivity index (χ1v) is 8.37. The minimum atomic E-state index is -0.269. The molecule has 0 aliphatic carbocycles. The van der Waals surface area contributed by atoms with Gasteiger partial charge in [0.2, 0.25) is 5.91 Å². The van der Waals surface area contributed by atoms with Gasteiger partial charge in [-0.2, -0.15) is 0 Å². The fourth-order valence-corrected chi connectivity index (χ4v) is 3.69. The molecule has 2 fully saturated rings. The van der Waals surface area contributed by atoms with Crippen molar-refractivity contribution in [1.82, 2.24) is 10.2 Å². The van der Waals surface area contributed by atoms with Crippen molar-refractivity contribution in [1.29, 1.82) is 0 Å². The molecule has 1 atom stereocenters. The standard InChI is InChI=1S/C18H26N2O2/c1-20-12-6-5-9-16(20)17(21)19-18(10-13-22-14-11-18)15-7-3-2-4-8-15/h2-4,7-8,16H,5-6,9-14H2,1H3,(H,19,21)/t16-/m0/s1. The third-order valence-electron chi connectivity index (χ3n) is 5.11. The van der Waals surface area contributed by atoms with Crippen LogP contribution in [0.5, 0.6) is 0 Å². The fraction of sp³-hybridized carbons (Fsp3) is 0.611. The lowest BCUT2D eigenvalue weighted by atomic mass is 9.82. The molecule has 2 aliphatic heterocycles. The molecule has 4 heteroatoms. The van der Waals surface area contributed by atoms with Crippen molar-refractivity contribution >= 4 is 5.91 Å². The van der Waals surface area contributed by atoms with Crippen LogP contribution in [0, 0.1) is 0 Å². The number of amides is 1. The Balaban J connectivity index is 1.80. The van der Waals surface area contributed by atoms with E-state index in [1.165, 1.54) is 12.0 Å². The highest BCUT2D eigenvalue weighted by Crippen LogP contribution is 2.32. The molecule has 0 unspecified atom stereocenters. The van der Waals surface area contributed by atoms with Crippen LogP contribution in [0.1, 0.15) is 37.7 Å². The number of nitrogens with one attached hydrogen (secondary N) is 1. The molecule has 1 N–H and O–H groups in total. The molecule has 0 radical (unpaired) electrons. The van der Waals surface area contributed by atoms with Gasteiger partial charge >= 0.3 is 0 Å². The van der Waals surface area contributed by atoms with Crippen LogP contribution in [0.4, 0.5) is 0 Å². The Kier molecular flexibility index (Phi) is 4.79. The summed E-state index contributed by atoms with van der Waals surface area (Å²) in [6.07, 6.45) is 4.99. The second-order valence-corrected chi connectivity index (χ2v) is 6.54. The average Bonchev–Trinajstić information content (AvgIpc) is 2.57. The van der Waals surface area contributed by atoms with Gasteiger partial charge < -0.3 is 10.1 Å². The Bertz CT molecular complexity index is 497. The summed E-state index contributed by atoms with van der Waals surface area (Å²) in [6.45, 7) is 2.42. The number of rotatable bonds is 3. The summed E-state index contributed by atoms with van der Waals surface area (Å²) in [7, 11) is 2.06. The van der Waals surface area contributed by atoms with Gasteiger partial charge in [0.05, 0.1) is 11.6 Å². The quantitative estimate of drug-likeness (QED) is 0.931. The van der Waals surface area contributed by atoms with E-state index in [4.69, 9.17) is 4.74 Å². The molecule has 3 rings (SSSR count). The van der Waals surface area contributed by atoms with E-state index in [1.807, 2.05) is 18.2 Å². The Morgan fingerprint density at radius 2 is 1.95 bits per heavy atom. The minimum Gasteiger partial charge on any atom is -0.381 e. The van der Waals surface area contributed by atoms with Crippen LogP contribution in [0.15, 0.2) is 30.3 Å². The van der Waals surface area contributed by atoms with Gasteiger partial charge in [0, 0.05) is 13.2 Å².